The molecule has 186 valence electrons. The summed E-state index contributed by atoms with van der Waals surface area (Å²) in [6.07, 6.45) is 19.0. The Balaban J connectivity index is 1.44. The van der Waals surface area contributed by atoms with E-state index in [1.165, 1.54) is 57.8 Å². The van der Waals surface area contributed by atoms with Crippen LogP contribution in [0.1, 0.15) is 112 Å². The Hall–Kier alpha value is -1.05. The topological polar surface area (TPSA) is 26.3 Å². The number of fused-ring (bicyclic) bond motifs is 5. The van der Waals surface area contributed by atoms with Crippen molar-refractivity contribution in [2.75, 3.05) is 0 Å². The van der Waals surface area contributed by atoms with Gasteiger partial charge < -0.3 is 4.74 Å². The molecular formula is C31H50O2. The molecule has 0 N–H and O–H groups in total. The summed E-state index contributed by atoms with van der Waals surface area (Å²) in [5.74, 6) is 5.13. The molecule has 8 atom stereocenters. The molecule has 0 unspecified atom stereocenters. The summed E-state index contributed by atoms with van der Waals surface area (Å²) < 4.78 is 5.78. The lowest BCUT2D eigenvalue weighted by atomic mass is 9.47. The van der Waals surface area contributed by atoms with Crippen LogP contribution in [0.25, 0.3) is 0 Å². The van der Waals surface area contributed by atoms with Crippen LogP contribution in [0, 0.1) is 46.3 Å². The van der Waals surface area contributed by atoms with E-state index in [1.807, 2.05) is 0 Å². The molecule has 0 aromatic heterocycles. The molecule has 2 heteroatoms. The van der Waals surface area contributed by atoms with Crippen LogP contribution in [0.2, 0.25) is 0 Å². The Morgan fingerprint density at radius 3 is 2.64 bits per heavy atom. The minimum Gasteiger partial charge on any atom is -0.462 e. The van der Waals surface area contributed by atoms with Crippen molar-refractivity contribution in [1.82, 2.24) is 0 Å². The molecule has 4 rings (SSSR count). The number of carbonyl (C=O) groups excluding carboxylic acids is 1. The molecule has 0 spiro atoms. The van der Waals surface area contributed by atoms with E-state index in [1.54, 1.807) is 11.6 Å². The molecule has 33 heavy (non-hydrogen) atoms. The second kappa shape index (κ2) is 9.90. The number of esters is 1. The van der Waals surface area contributed by atoms with Crippen molar-refractivity contribution in [3.63, 3.8) is 0 Å². The van der Waals surface area contributed by atoms with E-state index in [0.29, 0.717) is 17.3 Å². The zero-order valence-electron chi connectivity index (χ0n) is 22.2. The molecule has 0 aromatic rings. The lowest BCUT2D eigenvalue weighted by Gasteiger charge is -2.58. The Kier molecular flexibility index (Phi) is 7.52. The van der Waals surface area contributed by atoms with Gasteiger partial charge >= 0.3 is 5.97 Å². The zero-order valence-corrected chi connectivity index (χ0v) is 22.2. The van der Waals surface area contributed by atoms with E-state index >= 15 is 0 Å². The molecule has 0 saturated heterocycles. The average molecular weight is 455 g/mol. The van der Waals surface area contributed by atoms with E-state index < -0.39 is 0 Å². The summed E-state index contributed by atoms with van der Waals surface area (Å²) >= 11 is 0. The fraction of sp³-hybridized carbons (Fsp3) is 0.839. The third kappa shape index (κ3) is 4.74. The highest BCUT2D eigenvalue weighted by Gasteiger charge is 2.59. The molecule has 3 saturated carbocycles. The number of rotatable bonds is 8. The van der Waals surface area contributed by atoms with E-state index in [4.69, 9.17) is 4.74 Å². The highest BCUT2D eigenvalue weighted by molar-refractivity contribution is 5.71. The van der Waals surface area contributed by atoms with E-state index in [9.17, 15) is 4.79 Å². The molecular weight excluding hydrogens is 404 g/mol. The minimum absolute atomic E-state index is 0.0738. The Bertz CT molecular complexity index is 750. The third-order valence-corrected chi connectivity index (χ3v) is 10.9. The number of carbonyl (C=O) groups is 1. The molecule has 0 bridgehead atoms. The molecule has 2 nitrogen and oxygen atoms in total. The number of hydrogen-bond donors (Lipinski definition) is 0. The van der Waals surface area contributed by atoms with Crippen LogP contribution >= 0.6 is 0 Å². The second-order valence-electron chi connectivity index (χ2n) is 13.1. The van der Waals surface area contributed by atoms with Crippen LogP contribution in [0.3, 0.4) is 0 Å². The largest absolute Gasteiger partial charge is 0.462 e. The predicted molar refractivity (Wildman–Crippen MR) is 138 cm³/mol. The van der Waals surface area contributed by atoms with Crippen LogP contribution < -0.4 is 0 Å². The van der Waals surface area contributed by atoms with Gasteiger partial charge in [0.2, 0.25) is 0 Å². The first-order valence-electron chi connectivity index (χ1n) is 14.2. The van der Waals surface area contributed by atoms with Crippen molar-refractivity contribution < 1.29 is 9.53 Å². The van der Waals surface area contributed by atoms with Crippen molar-refractivity contribution >= 4 is 5.97 Å². The van der Waals surface area contributed by atoms with Gasteiger partial charge in [-0.05, 0) is 91.3 Å². The Morgan fingerprint density at radius 1 is 1.12 bits per heavy atom. The van der Waals surface area contributed by atoms with E-state index in [0.717, 1.165) is 48.3 Å². The zero-order chi connectivity index (χ0) is 23.8. The number of allylic oxidation sites excluding steroid dienone is 1. The van der Waals surface area contributed by atoms with Gasteiger partial charge in [0.05, 0.1) is 6.42 Å². The lowest BCUT2D eigenvalue weighted by molar-refractivity contribution is -0.150. The van der Waals surface area contributed by atoms with Gasteiger partial charge in [-0.15, -0.1) is 6.58 Å². The van der Waals surface area contributed by atoms with Crippen molar-refractivity contribution in [2.24, 2.45) is 46.3 Å². The van der Waals surface area contributed by atoms with Crippen LogP contribution in [-0.4, -0.2) is 12.1 Å². The summed E-state index contributed by atoms with van der Waals surface area (Å²) in [6, 6.07) is 0. The monoisotopic (exact) mass is 454 g/mol. The fourth-order valence-electron chi connectivity index (χ4n) is 9.10. The molecule has 4 aliphatic carbocycles. The Labute approximate surface area is 204 Å². The quantitative estimate of drug-likeness (QED) is 0.271. The van der Waals surface area contributed by atoms with Crippen LogP contribution in [-0.2, 0) is 9.53 Å². The first-order chi connectivity index (χ1) is 15.7. The first-order valence-corrected chi connectivity index (χ1v) is 14.2. The standard InChI is InChI=1S/C31H50O2/c1-7-9-29(32)33-24-16-18-30(5)23(20-24)12-13-25-27-15-14-26(22(4)11-8-10-21(2)3)31(27,6)19-17-28(25)30/h7,12,21-22,24-28H,1,8-11,13-20H2,2-6H3/t22-,24+,25+,26-,27+,28+,30+,31-/m1/s1. The third-order valence-electron chi connectivity index (χ3n) is 10.9. The highest BCUT2D eigenvalue weighted by atomic mass is 16.5. The van der Waals surface area contributed by atoms with E-state index in [2.05, 4.69) is 47.3 Å². The molecule has 4 aliphatic rings. The van der Waals surface area contributed by atoms with Crippen LogP contribution in [0.15, 0.2) is 24.3 Å². The minimum atomic E-state index is -0.110. The summed E-state index contributed by atoms with van der Waals surface area (Å²) in [7, 11) is 0. The lowest BCUT2D eigenvalue weighted by Crippen LogP contribution is -2.51. The van der Waals surface area contributed by atoms with Gasteiger partial charge in [-0.2, -0.15) is 0 Å². The number of ether oxygens (including phenoxy) is 1. The van der Waals surface area contributed by atoms with Gasteiger partial charge in [-0.25, -0.2) is 0 Å². The summed E-state index contributed by atoms with van der Waals surface area (Å²) in [4.78, 5) is 12.0. The highest BCUT2D eigenvalue weighted by Crippen LogP contribution is 2.67. The fourth-order valence-corrected chi connectivity index (χ4v) is 9.10. The van der Waals surface area contributed by atoms with Gasteiger partial charge in [0.25, 0.3) is 0 Å². The van der Waals surface area contributed by atoms with Crippen LogP contribution in [0.4, 0.5) is 0 Å². The van der Waals surface area contributed by atoms with Gasteiger partial charge in [0.15, 0.2) is 0 Å². The van der Waals surface area contributed by atoms with E-state index in [-0.39, 0.29) is 12.1 Å². The molecule has 3 fully saturated rings. The molecule has 0 aromatic carbocycles. The van der Waals surface area contributed by atoms with Gasteiger partial charge in [-0.3, -0.25) is 4.79 Å². The Morgan fingerprint density at radius 2 is 1.91 bits per heavy atom. The average Bonchev–Trinajstić information content (AvgIpc) is 3.11. The SMILES string of the molecule is C=CCC(=O)O[C@H]1CC[C@@]2(C)C(=CC[C@H]3[C@@H]4CC[C@H]([C@H](C)CCCC(C)C)[C@@]4(C)CC[C@@H]32)C1. The second-order valence-corrected chi connectivity index (χ2v) is 13.1. The van der Waals surface area contributed by atoms with Gasteiger partial charge in [0.1, 0.15) is 6.10 Å². The smallest absolute Gasteiger partial charge is 0.309 e. The summed E-state index contributed by atoms with van der Waals surface area (Å²) in [5, 5.41) is 0. The van der Waals surface area contributed by atoms with Crippen LogP contribution in [0.5, 0.6) is 0 Å². The molecule has 0 amide bonds. The molecule has 0 heterocycles. The summed E-state index contributed by atoms with van der Waals surface area (Å²) in [6.45, 7) is 16.2. The van der Waals surface area contributed by atoms with Crippen molar-refractivity contribution in [3.8, 4) is 0 Å². The first kappa shape index (κ1) is 25.1. The molecule has 0 aliphatic heterocycles. The maximum Gasteiger partial charge on any atom is 0.309 e. The maximum absolute atomic E-state index is 12.0. The normalized spacial score (nSPS) is 40.9. The maximum atomic E-state index is 12.0. The number of hydrogen-bond acceptors (Lipinski definition) is 2. The molecule has 0 radical (unpaired) electrons. The van der Waals surface area contributed by atoms with Gasteiger partial charge in [-0.1, -0.05) is 71.6 Å². The van der Waals surface area contributed by atoms with Crippen molar-refractivity contribution in [1.29, 1.82) is 0 Å². The van der Waals surface area contributed by atoms with Crippen molar-refractivity contribution in [3.05, 3.63) is 24.3 Å². The van der Waals surface area contributed by atoms with Crippen molar-refractivity contribution in [2.45, 2.75) is 118 Å². The predicted octanol–water partition coefficient (Wildman–Crippen LogP) is 8.52. The van der Waals surface area contributed by atoms with Gasteiger partial charge in [0, 0.05) is 6.42 Å². The summed E-state index contributed by atoms with van der Waals surface area (Å²) in [5.41, 5.74) is 2.48.